The summed E-state index contributed by atoms with van der Waals surface area (Å²) >= 11 is 0. The molecule has 0 aromatic rings. The molecule has 1 saturated heterocycles. The molecule has 3 atom stereocenters. The first-order valence-electron chi connectivity index (χ1n) is 4.53. The van der Waals surface area contributed by atoms with Crippen molar-refractivity contribution < 1.29 is 14.2 Å². The van der Waals surface area contributed by atoms with Gasteiger partial charge in [-0.2, -0.15) is 0 Å². The van der Waals surface area contributed by atoms with Gasteiger partial charge in [0.05, 0.1) is 38.1 Å². The van der Waals surface area contributed by atoms with E-state index in [0.29, 0.717) is 19.8 Å². The van der Waals surface area contributed by atoms with E-state index in [-0.39, 0.29) is 18.3 Å². The summed E-state index contributed by atoms with van der Waals surface area (Å²) in [5.41, 5.74) is 0. The van der Waals surface area contributed by atoms with Crippen LogP contribution in [-0.4, -0.2) is 38.1 Å². The summed E-state index contributed by atoms with van der Waals surface area (Å²) in [6.07, 6.45) is 0.532. The predicted octanol–water partition coefficient (Wildman–Crippen LogP) is 1.22. The molecule has 0 aromatic carbocycles. The van der Waals surface area contributed by atoms with Crippen LogP contribution < -0.4 is 0 Å². The van der Waals surface area contributed by atoms with Gasteiger partial charge in [0.1, 0.15) is 0 Å². The first-order valence-corrected chi connectivity index (χ1v) is 4.53. The van der Waals surface area contributed by atoms with E-state index in [1.165, 1.54) is 0 Å². The van der Waals surface area contributed by atoms with Crippen LogP contribution in [0.5, 0.6) is 0 Å². The molecule has 72 valence electrons. The Morgan fingerprint density at radius 1 is 0.667 bits per heavy atom. The fraction of sp³-hybridized carbons (Fsp3) is 1.00. The van der Waals surface area contributed by atoms with Crippen LogP contribution in [-0.2, 0) is 14.2 Å². The smallest absolute Gasteiger partial charge is 0.0781 e. The normalized spacial score (nSPS) is 39.8. The summed E-state index contributed by atoms with van der Waals surface area (Å²) < 4.78 is 16.4. The first kappa shape index (κ1) is 9.96. The molecule has 0 saturated carbocycles. The molecule has 1 aliphatic rings. The Labute approximate surface area is 74.0 Å². The average Bonchev–Trinajstić information content (AvgIpc) is 2.11. The van der Waals surface area contributed by atoms with Crippen molar-refractivity contribution in [2.24, 2.45) is 0 Å². The Kier molecular flexibility index (Phi) is 3.98. The van der Waals surface area contributed by atoms with E-state index in [0.717, 1.165) is 0 Å². The van der Waals surface area contributed by atoms with Crippen LogP contribution in [0.4, 0.5) is 0 Å². The Morgan fingerprint density at radius 2 is 0.917 bits per heavy atom. The molecule has 0 aliphatic carbocycles. The van der Waals surface area contributed by atoms with Gasteiger partial charge in [0.15, 0.2) is 0 Å². The number of hydrogen-bond donors (Lipinski definition) is 0. The number of hydrogen-bond acceptors (Lipinski definition) is 3. The van der Waals surface area contributed by atoms with Crippen LogP contribution in [0.1, 0.15) is 20.8 Å². The lowest BCUT2D eigenvalue weighted by molar-refractivity contribution is -0.0211. The zero-order valence-electron chi connectivity index (χ0n) is 8.08. The standard InChI is InChI=1S/C9H18O3/c1-7-4-11-9(3)6-12-8(2)5-10-7/h7-9H,4-6H2,1-3H3. The van der Waals surface area contributed by atoms with Crippen molar-refractivity contribution in [2.75, 3.05) is 19.8 Å². The lowest BCUT2D eigenvalue weighted by atomic mass is 10.4. The third-order valence-corrected chi connectivity index (χ3v) is 1.85. The van der Waals surface area contributed by atoms with Gasteiger partial charge in [0.25, 0.3) is 0 Å². The summed E-state index contributed by atoms with van der Waals surface area (Å²) in [5, 5.41) is 0. The Morgan fingerprint density at radius 3 is 1.17 bits per heavy atom. The molecule has 1 rings (SSSR count). The van der Waals surface area contributed by atoms with Crippen molar-refractivity contribution in [3.63, 3.8) is 0 Å². The van der Waals surface area contributed by atoms with Gasteiger partial charge >= 0.3 is 0 Å². The van der Waals surface area contributed by atoms with E-state index in [4.69, 9.17) is 14.2 Å². The first-order chi connectivity index (χ1) is 5.68. The Hall–Kier alpha value is -0.120. The Bertz CT molecular complexity index is 91.2. The second-order valence-electron chi connectivity index (χ2n) is 3.43. The molecule has 0 radical (unpaired) electrons. The van der Waals surface area contributed by atoms with Crippen molar-refractivity contribution in [3.8, 4) is 0 Å². The highest BCUT2D eigenvalue weighted by atomic mass is 16.6. The van der Waals surface area contributed by atoms with Gasteiger partial charge in [0.2, 0.25) is 0 Å². The number of rotatable bonds is 0. The molecule has 0 bridgehead atoms. The maximum Gasteiger partial charge on any atom is 0.0781 e. The van der Waals surface area contributed by atoms with Gasteiger partial charge in [-0.05, 0) is 20.8 Å². The molecule has 0 N–H and O–H groups in total. The topological polar surface area (TPSA) is 27.7 Å². The minimum atomic E-state index is 0.177. The van der Waals surface area contributed by atoms with E-state index < -0.39 is 0 Å². The summed E-state index contributed by atoms with van der Waals surface area (Å²) in [4.78, 5) is 0. The average molecular weight is 174 g/mol. The molecule has 0 spiro atoms. The van der Waals surface area contributed by atoms with Crippen molar-refractivity contribution in [2.45, 2.75) is 39.1 Å². The molecule has 1 aliphatic heterocycles. The maximum atomic E-state index is 5.47. The maximum absolute atomic E-state index is 5.47. The van der Waals surface area contributed by atoms with E-state index in [1.807, 2.05) is 20.8 Å². The summed E-state index contributed by atoms with van der Waals surface area (Å²) in [6, 6.07) is 0. The van der Waals surface area contributed by atoms with Crippen LogP contribution in [0.2, 0.25) is 0 Å². The molecular weight excluding hydrogens is 156 g/mol. The van der Waals surface area contributed by atoms with Gasteiger partial charge < -0.3 is 14.2 Å². The third-order valence-electron chi connectivity index (χ3n) is 1.85. The molecule has 1 heterocycles. The van der Waals surface area contributed by atoms with Crippen molar-refractivity contribution in [1.29, 1.82) is 0 Å². The molecule has 12 heavy (non-hydrogen) atoms. The highest BCUT2D eigenvalue weighted by Gasteiger charge is 2.13. The van der Waals surface area contributed by atoms with Gasteiger partial charge in [-0.1, -0.05) is 0 Å². The fourth-order valence-electron chi connectivity index (χ4n) is 1.04. The molecule has 0 amide bonds. The molecule has 3 nitrogen and oxygen atoms in total. The zero-order chi connectivity index (χ0) is 8.97. The minimum absolute atomic E-state index is 0.177. The van der Waals surface area contributed by atoms with Gasteiger partial charge in [0, 0.05) is 0 Å². The largest absolute Gasteiger partial charge is 0.373 e. The van der Waals surface area contributed by atoms with E-state index in [1.54, 1.807) is 0 Å². The lowest BCUT2D eigenvalue weighted by Gasteiger charge is -2.13. The van der Waals surface area contributed by atoms with E-state index >= 15 is 0 Å². The van der Waals surface area contributed by atoms with Gasteiger partial charge in [-0.3, -0.25) is 0 Å². The predicted molar refractivity (Wildman–Crippen MR) is 46.2 cm³/mol. The van der Waals surface area contributed by atoms with E-state index in [2.05, 4.69) is 0 Å². The molecule has 3 unspecified atom stereocenters. The summed E-state index contributed by atoms with van der Waals surface area (Å²) in [5.74, 6) is 0. The Balaban J connectivity index is 2.36. The molecule has 0 aromatic heterocycles. The highest BCUT2D eigenvalue weighted by Crippen LogP contribution is 2.04. The summed E-state index contributed by atoms with van der Waals surface area (Å²) in [7, 11) is 0. The summed E-state index contributed by atoms with van der Waals surface area (Å²) in [6.45, 7) is 8.05. The van der Waals surface area contributed by atoms with Gasteiger partial charge in [-0.25, -0.2) is 0 Å². The fourth-order valence-corrected chi connectivity index (χ4v) is 1.04. The van der Waals surface area contributed by atoms with Crippen LogP contribution in [0.15, 0.2) is 0 Å². The van der Waals surface area contributed by atoms with Crippen LogP contribution in [0.25, 0.3) is 0 Å². The zero-order valence-corrected chi connectivity index (χ0v) is 8.08. The van der Waals surface area contributed by atoms with Crippen molar-refractivity contribution in [1.82, 2.24) is 0 Å². The quantitative estimate of drug-likeness (QED) is 0.552. The van der Waals surface area contributed by atoms with Gasteiger partial charge in [-0.15, -0.1) is 0 Å². The van der Waals surface area contributed by atoms with Crippen molar-refractivity contribution >= 4 is 0 Å². The minimum Gasteiger partial charge on any atom is -0.373 e. The molecule has 1 fully saturated rings. The lowest BCUT2D eigenvalue weighted by Crippen LogP contribution is -2.20. The second-order valence-corrected chi connectivity index (χ2v) is 3.43. The SMILES string of the molecule is CC1COC(C)COC(C)CO1. The van der Waals surface area contributed by atoms with Crippen LogP contribution in [0, 0.1) is 0 Å². The highest BCUT2D eigenvalue weighted by molar-refractivity contribution is 4.58. The third kappa shape index (κ3) is 3.52. The van der Waals surface area contributed by atoms with E-state index in [9.17, 15) is 0 Å². The second kappa shape index (κ2) is 4.80. The van der Waals surface area contributed by atoms with Crippen LogP contribution >= 0.6 is 0 Å². The number of ether oxygens (including phenoxy) is 3. The molecule has 3 heteroatoms. The van der Waals surface area contributed by atoms with Crippen LogP contribution in [0.3, 0.4) is 0 Å². The van der Waals surface area contributed by atoms with Crippen molar-refractivity contribution in [3.05, 3.63) is 0 Å². The molecular formula is C9H18O3. The monoisotopic (exact) mass is 174 g/mol.